The molecule has 33 heavy (non-hydrogen) atoms. The van der Waals surface area contributed by atoms with Gasteiger partial charge in [0.05, 0.1) is 7.11 Å². The number of carbonyl (C=O) groups is 3. The second kappa shape index (κ2) is 9.99. The average Bonchev–Trinajstić information content (AvgIpc) is 2.73. The van der Waals surface area contributed by atoms with Gasteiger partial charge in [0.25, 0.3) is 0 Å². The zero-order valence-electron chi connectivity index (χ0n) is 20.7. The van der Waals surface area contributed by atoms with Crippen LogP contribution < -0.4 is 10.1 Å². The van der Waals surface area contributed by atoms with Gasteiger partial charge in [0.15, 0.2) is 0 Å². The lowest BCUT2D eigenvalue weighted by Crippen LogP contribution is -2.51. The van der Waals surface area contributed by atoms with E-state index in [1.54, 1.807) is 14.0 Å². The summed E-state index contributed by atoms with van der Waals surface area (Å²) in [6, 6.07) is 3.68. The normalized spacial score (nSPS) is 21.9. The zero-order valence-corrected chi connectivity index (χ0v) is 20.7. The first-order valence-corrected chi connectivity index (χ1v) is 11.8. The first-order valence-electron chi connectivity index (χ1n) is 11.8. The van der Waals surface area contributed by atoms with E-state index in [0.717, 1.165) is 24.0 Å². The third-order valence-electron chi connectivity index (χ3n) is 6.67. The van der Waals surface area contributed by atoms with Crippen LogP contribution in [0.25, 0.3) is 0 Å². The van der Waals surface area contributed by atoms with Crippen molar-refractivity contribution in [1.29, 1.82) is 0 Å². The minimum Gasteiger partial charge on any atom is -0.496 e. The third-order valence-corrected chi connectivity index (χ3v) is 6.67. The predicted octanol–water partition coefficient (Wildman–Crippen LogP) is 4.23. The Morgan fingerprint density at radius 1 is 1.09 bits per heavy atom. The SMILES string of the molecule is CC#Cc1cc(C)c(C2C(=O)CC(C3CCN(C(=O)NC(C)(C)C)CC3)CC2=O)c(OC)c1. The van der Waals surface area contributed by atoms with Gasteiger partial charge in [-0.05, 0) is 77.0 Å². The topological polar surface area (TPSA) is 75.7 Å². The highest BCUT2D eigenvalue weighted by Gasteiger charge is 2.42. The number of nitrogens with one attached hydrogen (secondary N) is 1. The van der Waals surface area contributed by atoms with E-state index in [-0.39, 0.29) is 35.0 Å². The molecule has 1 aromatic rings. The molecule has 2 amide bonds. The lowest BCUT2D eigenvalue weighted by atomic mass is 9.69. The van der Waals surface area contributed by atoms with Crippen LogP contribution in [0.2, 0.25) is 0 Å². The van der Waals surface area contributed by atoms with Gasteiger partial charge in [-0.25, -0.2) is 4.79 Å². The number of carbonyl (C=O) groups excluding carboxylic acids is 3. The third kappa shape index (κ3) is 5.76. The summed E-state index contributed by atoms with van der Waals surface area (Å²) in [4.78, 5) is 40.8. The van der Waals surface area contributed by atoms with E-state index < -0.39 is 5.92 Å². The minimum atomic E-state index is -0.766. The molecule has 178 valence electrons. The number of Topliss-reactive ketones (excluding diaryl/α,β-unsaturated/α-hetero) is 2. The number of urea groups is 1. The van der Waals surface area contributed by atoms with E-state index in [9.17, 15) is 14.4 Å². The fourth-order valence-corrected chi connectivity index (χ4v) is 5.15. The van der Waals surface area contributed by atoms with Crippen LogP contribution in [0.3, 0.4) is 0 Å². The van der Waals surface area contributed by atoms with Crippen molar-refractivity contribution in [2.24, 2.45) is 11.8 Å². The number of ether oxygens (including phenoxy) is 1. The molecule has 6 nitrogen and oxygen atoms in total. The Morgan fingerprint density at radius 2 is 1.70 bits per heavy atom. The number of piperidine rings is 1. The minimum absolute atomic E-state index is 0.0279. The molecule has 1 saturated heterocycles. The number of hydrogen-bond donors (Lipinski definition) is 1. The van der Waals surface area contributed by atoms with Gasteiger partial charge in [-0.3, -0.25) is 9.59 Å². The summed E-state index contributed by atoms with van der Waals surface area (Å²) in [5, 5.41) is 3.01. The molecule has 0 spiro atoms. The zero-order chi connectivity index (χ0) is 24.3. The molecule has 0 unspecified atom stereocenters. The molecule has 1 aliphatic carbocycles. The summed E-state index contributed by atoms with van der Waals surface area (Å²) in [5.41, 5.74) is 2.08. The number of aryl methyl sites for hydroxylation is 1. The molecule has 0 bridgehead atoms. The van der Waals surface area contributed by atoms with Crippen LogP contribution in [0.5, 0.6) is 5.75 Å². The molecule has 2 fully saturated rings. The quantitative estimate of drug-likeness (QED) is 0.550. The molecular formula is C27H36N2O4. The summed E-state index contributed by atoms with van der Waals surface area (Å²) in [6.45, 7) is 10.9. The van der Waals surface area contributed by atoms with E-state index in [0.29, 0.717) is 37.2 Å². The summed E-state index contributed by atoms with van der Waals surface area (Å²) < 4.78 is 5.56. The largest absolute Gasteiger partial charge is 0.496 e. The van der Waals surface area contributed by atoms with Gasteiger partial charge in [-0.1, -0.05) is 5.92 Å². The summed E-state index contributed by atoms with van der Waals surface area (Å²) in [5.74, 6) is 5.95. The second-order valence-electron chi connectivity index (χ2n) is 10.3. The molecule has 3 rings (SSSR count). The van der Waals surface area contributed by atoms with Crippen molar-refractivity contribution >= 4 is 17.6 Å². The molecule has 0 aromatic heterocycles. The van der Waals surface area contributed by atoms with Gasteiger partial charge < -0.3 is 15.0 Å². The van der Waals surface area contributed by atoms with E-state index >= 15 is 0 Å². The van der Waals surface area contributed by atoms with Gasteiger partial charge in [0, 0.05) is 42.6 Å². The number of amides is 2. The molecule has 1 aliphatic heterocycles. The fourth-order valence-electron chi connectivity index (χ4n) is 5.15. The number of rotatable bonds is 3. The molecule has 0 atom stereocenters. The monoisotopic (exact) mass is 452 g/mol. The summed E-state index contributed by atoms with van der Waals surface area (Å²) in [6.07, 6.45) is 2.43. The van der Waals surface area contributed by atoms with Crippen LogP contribution in [-0.4, -0.2) is 48.2 Å². The van der Waals surface area contributed by atoms with Gasteiger partial charge in [-0.15, -0.1) is 5.92 Å². The van der Waals surface area contributed by atoms with Crippen molar-refractivity contribution in [3.63, 3.8) is 0 Å². The first-order chi connectivity index (χ1) is 15.5. The van der Waals surface area contributed by atoms with Crippen molar-refractivity contribution < 1.29 is 19.1 Å². The standard InChI is InChI=1S/C27H36N2O4/c1-7-8-18-13-17(2)24(23(14-18)33-6)25-21(30)15-20(16-22(25)31)19-9-11-29(12-10-19)26(32)28-27(3,4)5/h13-14,19-20,25H,9-12,15-16H2,1-6H3,(H,28,32). The van der Waals surface area contributed by atoms with E-state index in [1.165, 1.54) is 0 Å². The highest BCUT2D eigenvalue weighted by molar-refractivity contribution is 6.10. The van der Waals surface area contributed by atoms with Gasteiger partial charge in [-0.2, -0.15) is 0 Å². The van der Waals surface area contributed by atoms with Crippen LogP contribution in [0, 0.1) is 30.6 Å². The van der Waals surface area contributed by atoms with Crippen LogP contribution >= 0.6 is 0 Å². The van der Waals surface area contributed by atoms with Gasteiger partial charge in [0.1, 0.15) is 23.2 Å². The summed E-state index contributed by atoms with van der Waals surface area (Å²) in [7, 11) is 1.56. The molecular weight excluding hydrogens is 416 g/mol. The Balaban J connectivity index is 1.69. The average molecular weight is 453 g/mol. The van der Waals surface area contributed by atoms with Crippen molar-refractivity contribution in [3.05, 3.63) is 28.8 Å². The molecule has 1 heterocycles. The van der Waals surface area contributed by atoms with E-state index in [4.69, 9.17) is 4.74 Å². The molecule has 6 heteroatoms. The highest BCUT2D eigenvalue weighted by atomic mass is 16.5. The van der Waals surface area contributed by atoms with Crippen molar-refractivity contribution in [3.8, 4) is 17.6 Å². The van der Waals surface area contributed by atoms with Gasteiger partial charge in [0.2, 0.25) is 0 Å². The Morgan fingerprint density at radius 3 is 2.21 bits per heavy atom. The lowest BCUT2D eigenvalue weighted by molar-refractivity contribution is -0.134. The Labute approximate surface area is 197 Å². The fraction of sp³-hybridized carbons (Fsp3) is 0.593. The van der Waals surface area contributed by atoms with Crippen LogP contribution in [0.15, 0.2) is 12.1 Å². The predicted molar refractivity (Wildman–Crippen MR) is 128 cm³/mol. The number of hydrogen-bond acceptors (Lipinski definition) is 4. The molecule has 2 aliphatic rings. The van der Waals surface area contributed by atoms with Crippen molar-refractivity contribution in [2.45, 2.75) is 71.8 Å². The van der Waals surface area contributed by atoms with E-state index in [1.807, 2.05) is 44.7 Å². The van der Waals surface area contributed by atoms with Crippen molar-refractivity contribution in [1.82, 2.24) is 10.2 Å². The Kier molecular flexibility index (Phi) is 7.51. The van der Waals surface area contributed by atoms with Crippen LogP contribution in [0.1, 0.15) is 76.0 Å². The molecule has 0 radical (unpaired) electrons. The van der Waals surface area contributed by atoms with Gasteiger partial charge >= 0.3 is 6.03 Å². The number of benzene rings is 1. The van der Waals surface area contributed by atoms with Crippen LogP contribution in [-0.2, 0) is 9.59 Å². The maximum Gasteiger partial charge on any atom is 0.317 e. The second-order valence-corrected chi connectivity index (χ2v) is 10.3. The smallest absolute Gasteiger partial charge is 0.317 e. The number of ketones is 2. The highest BCUT2D eigenvalue weighted by Crippen LogP contribution is 2.41. The molecule has 1 aromatic carbocycles. The van der Waals surface area contributed by atoms with Crippen LogP contribution in [0.4, 0.5) is 4.79 Å². The Hall–Kier alpha value is -2.81. The number of methoxy groups -OCH3 is 1. The molecule has 1 saturated carbocycles. The summed E-state index contributed by atoms with van der Waals surface area (Å²) >= 11 is 0. The number of nitrogens with zero attached hydrogens (tertiary/aromatic N) is 1. The lowest BCUT2D eigenvalue weighted by Gasteiger charge is -2.39. The van der Waals surface area contributed by atoms with E-state index in [2.05, 4.69) is 17.2 Å². The van der Waals surface area contributed by atoms with Crippen molar-refractivity contribution in [2.75, 3.05) is 20.2 Å². The Bertz CT molecular complexity index is 970. The maximum atomic E-state index is 13.2. The number of likely N-dealkylation sites (tertiary alicyclic amines) is 1. The molecule has 1 N–H and O–H groups in total. The first kappa shape index (κ1) is 24.8. The maximum absolute atomic E-state index is 13.2.